The third kappa shape index (κ3) is 5.13. The van der Waals surface area contributed by atoms with Gasteiger partial charge in [0, 0.05) is 10.4 Å². The fourth-order valence-corrected chi connectivity index (χ4v) is 2.74. The number of halogens is 1. The summed E-state index contributed by atoms with van der Waals surface area (Å²) in [6, 6.07) is 7.13. The van der Waals surface area contributed by atoms with Crippen LogP contribution in [0.25, 0.3) is 0 Å². The first-order valence-electron chi connectivity index (χ1n) is 6.71. The highest BCUT2D eigenvalue weighted by molar-refractivity contribution is 7.13. The van der Waals surface area contributed by atoms with Crippen LogP contribution in [0.1, 0.15) is 18.2 Å². The lowest BCUT2D eigenvalue weighted by Crippen LogP contribution is -2.14. The van der Waals surface area contributed by atoms with Crippen LogP contribution in [0.3, 0.4) is 0 Å². The number of aromatic nitrogens is 1. The maximum atomic E-state index is 11.9. The number of thiazole rings is 1. The van der Waals surface area contributed by atoms with Crippen molar-refractivity contribution < 1.29 is 14.3 Å². The van der Waals surface area contributed by atoms with Gasteiger partial charge in [-0.25, -0.2) is 4.98 Å². The third-order valence-corrected chi connectivity index (χ3v) is 3.72. The summed E-state index contributed by atoms with van der Waals surface area (Å²) in [5.41, 5.74) is 1.41. The zero-order chi connectivity index (χ0) is 15.9. The fourth-order valence-electron chi connectivity index (χ4n) is 1.80. The molecule has 1 N–H and O–H groups in total. The Balaban J connectivity index is 1.89. The molecule has 116 valence electrons. The lowest BCUT2D eigenvalue weighted by atomic mass is 10.1. The van der Waals surface area contributed by atoms with Crippen molar-refractivity contribution in [1.82, 2.24) is 4.98 Å². The first-order chi connectivity index (χ1) is 10.6. The highest BCUT2D eigenvalue weighted by Gasteiger charge is 2.11. The van der Waals surface area contributed by atoms with Crippen molar-refractivity contribution in [3.63, 3.8) is 0 Å². The SMILES string of the molecule is CCOC(=O)Cc1csc(NC(=O)Cc2cccc(Cl)c2)n1. The minimum Gasteiger partial charge on any atom is -0.466 e. The Bertz CT molecular complexity index is 672. The molecule has 1 aromatic heterocycles. The fraction of sp³-hybridized carbons (Fsp3) is 0.267. The van der Waals surface area contributed by atoms with Gasteiger partial charge < -0.3 is 10.1 Å². The zero-order valence-electron chi connectivity index (χ0n) is 12.0. The number of benzene rings is 1. The van der Waals surface area contributed by atoms with Gasteiger partial charge >= 0.3 is 5.97 Å². The van der Waals surface area contributed by atoms with Crippen molar-refractivity contribution in [2.24, 2.45) is 0 Å². The standard InChI is InChI=1S/C15H15ClN2O3S/c1-2-21-14(20)8-12-9-22-15(17-12)18-13(19)7-10-4-3-5-11(16)6-10/h3-6,9H,2,7-8H2,1H3,(H,17,18,19). The van der Waals surface area contributed by atoms with Crippen LogP contribution < -0.4 is 5.32 Å². The van der Waals surface area contributed by atoms with Crippen molar-refractivity contribution in [3.8, 4) is 0 Å². The molecule has 0 atom stereocenters. The van der Waals surface area contributed by atoms with Crippen LogP contribution >= 0.6 is 22.9 Å². The van der Waals surface area contributed by atoms with Gasteiger partial charge in [-0.05, 0) is 24.6 Å². The summed E-state index contributed by atoms with van der Waals surface area (Å²) in [6.07, 6.45) is 0.321. The molecular weight excluding hydrogens is 324 g/mol. The Morgan fingerprint density at radius 3 is 2.91 bits per heavy atom. The van der Waals surface area contributed by atoms with E-state index in [4.69, 9.17) is 16.3 Å². The average molecular weight is 339 g/mol. The number of hydrogen-bond acceptors (Lipinski definition) is 5. The molecule has 0 radical (unpaired) electrons. The molecule has 0 saturated heterocycles. The van der Waals surface area contributed by atoms with Gasteiger partial charge in [0.1, 0.15) is 0 Å². The maximum Gasteiger partial charge on any atom is 0.311 e. The number of rotatable bonds is 6. The van der Waals surface area contributed by atoms with E-state index in [1.807, 2.05) is 6.07 Å². The molecule has 1 amide bonds. The van der Waals surface area contributed by atoms with Gasteiger partial charge in [-0.15, -0.1) is 11.3 Å². The Kier molecular flexibility index (Phi) is 5.91. The van der Waals surface area contributed by atoms with E-state index in [0.717, 1.165) is 5.56 Å². The normalized spacial score (nSPS) is 10.3. The van der Waals surface area contributed by atoms with E-state index in [2.05, 4.69) is 10.3 Å². The van der Waals surface area contributed by atoms with E-state index >= 15 is 0 Å². The topological polar surface area (TPSA) is 68.3 Å². The Labute approximate surface area is 137 Å². The molecule has 0 aliphatic heterocycles. The van der Waals surface area contributed by atoms with Crippen LogP contribution in [-0.4, -0.2) is 23.5 Å². The van der Waals surface area contributed by atoms with Crippen LogP contribution in [0.15, 0.2) is 29.6 Å². The van der Waals surface area contributed by atoms with E-state index in [9.17, 15) is 9.59 Å². The van der Waals surface area contributed by atoms with Crippen LogP contribution in [0.2, 0.25) is 5.02 Å². The van der Waals surface area contributed by atoms with Crippen LogP contribution in [0, 0.1) is 0 Å². The van der Waals surface area contributed by atoms with Gasteiger partial charge in [-0.2, -0.15) is 0 Å². The Morgan fingerprint density at radius 1 is 1.36 bits per heavy atom. The molecule has 22 heavy (non-hydrogen) atoms. The molecule has 0 saturated carbocycles. The Hall–Kier alpha value is -1.92. The number of nitrogens with zero attached hydrogens (tertiary/aromatic N) is 1. The molecular formula is C15H15ClN2O3S. The van der Waals surface area contributed by atoms with E-state index < -0.39 is 0 Å². The molecule has 0 unspecified atom stereocenters. The number of anilines is 1. The van der Waals surface area contributed by atoms with Gasteiger partial charge in [0.15, 0.2) is 5.13 Å². The molecule has 5 nitrogen and oxygen atoms in total. The maximum absolute atomic E-state index is 11.9. The van der Waals surface area contributed by atoms with Crippen LogP contribution in [-0.2, 0) is 27.2 Å². The zero-order valence-corrected chi connectivity index (χ0v) is 13.5. The lowest BCUT2D eigenvalue weighted by Gasteiger charge is -2.02. The number of hydrogen-bond donors (Lipinski definition) is 1. The van der Waals surface area contributed by atoms with Gasteiger partial charge in [-0.1, -0.05) is 23.7 Å². The van der Waals surface area contributed by atoms with Crippen molar-refractivity contribution in [2.45, 2.75) is 19.8 Å². The summed E-state index contributed by atoms with van der Waals surface area (Å²) < 4.78 is 4.85. The average Bonchev–Trinajstić information content (AvgIpc) is 2.85. The molecule has 7 heteroatoms. The highest BCUT2D eigenvalue weighted by atomic mass is 35.5. The Morgan fingerprint density at radius 2 is 2.18 bits per heavy atom. The van der Waals surface area contributed by atoms with Crippen molar-refractivity contribution in [2.75, 3.05) is 11.9 Å². The lowest BCUT2D eigenvalue weighted by molar-refractivity contribution is -0.142. The number of carbonyl (C=O) groups excluding carboxylic acids is 2. The molecule has 0 fully saturated rings. The number of ether oxygens (including phenoxy) is 1. The summed E-state index contributed by atoms with van der Waals surface area (Å²) in [5.74, 6) is -0.510. The van der Waals surface area contributed by atoms with Crippen molar-refractivity contribution in [1.29, 1.82) is 0 Å². The smallest absolute Gasteiger partial charge is 0.311 e. The van der Waals surface area contributed by atoms with E-state index in [0.29, 0.717) is 22.5 Å². The second-order valence-electron chi connectivity index (χ2n) is 4.48. The van der Waals surface area contributed by atoms with Crippen LogP contribution in [0.4, 0.5) is 5.13 Å². The van der Waals surface area contributed by atoms with Gasteiger partial charge in [-0.3, -0.25) is 9.59 Å². The number of carbonyl (C=O) groups is 2. The number of amides is 1. The number of esters is 1. The quantitative estimate of drug-likeness (QED) is 0.822. The predicted molar refractivity (Wildman–Crippen MR) is 86.2 cm³/mol. The van der Waals surface area contributed by atoms with E-state index in [-0.39, 0.29) is 24.7 Å². The monoisotopic (exact) mass is 338 g/mol. The molecule has 0 spiro atoms. The predicted octanol–water partition coefficient (Wildman–Crippen LogP) is 3.08. The second kappa shape index (κ2) is 7.91. The van der Waals surface area contributed by atoms with Crippen LogP contribution in [0.5, 0.6) is 0 Å². The van der Waals surface area contributed by atoms with Crippen molar-refractivity contribution >= 4 is 39.9 Å². The van der Waals surface area contributed by atoms with E-state index in [1.54, 1.807) is 30.5 Å². The molecule has 2 rings (SSSR count). The minimum absolute atomic E-state index is 0.106. The van der Waals surface area contributed by atoms with Gasteiger partial charge in [0.2, 0.25) is 5.91 Å². The second-order valence-corrected chi connectivity index (χ2v) is 5.78. The molecule has 1 heterocycles. The van der Waals surface area contributed by atoms with Gasteiger partial charge in [0.05, 0.1) is 25.1 Å². The highest BCUT2D eigenvalue weighted by Crippen LogP contribution is 2.17. The summed E-state index contributed by atoms with van der Waals surface area (Å²) in [6.45, 7) is 2.09. The molecule has 0 aliphatic carbocycles. The van der Waals surface area contributed by atoms with E-state index in [1.165, 1.54) is 11.3 Å². The number of nitrogens with one attached hydrogen (secondary N) is 1. The first-order valence-corrected chi connectivity index (χ1v) is 7.97. The summed E-state index contributed by atoms with van der Waals surface area (Å²) in [7, 11) is 0. The van der Waals surface area contributed by atoms with Gasteiger partial charge in [0.25, 0.3) is 0 Å². The molecule has 0 aliphatic rings. The molecule has 1 aromatic carbocycles. The minimum atomic E-state index is -0.329. The first kappa shape index (κ1) is 16.5. The summed E-state index contributed by atoms with van der Waals surface area (Å²) in [5, 5.41) is 5.49. The summed E-state index contributed by atoms with van der Waals surface area (Å²) in [4.78, 5) is 27.5. The molecule has 0 bridgehead atoms. The summed E-state index contributed by atoms with van der Waals surface area (Å²) >= 11 is 7.15. The third-order valence-electron chi connectivity index (χ3n) is 2.68. The largest absolute Gasteiger partial charge is 0.466 e. The molecule has 2 aromatic rings. The van der Waals surface area contributed by atoms with Crippen molar-refractivity contribution in [3.05, 3.63) is 45.9 Å².